The number of benzene rings is 2. The summed E-state index contributed by atoms with van der Waals surface area (Å²) in [6.45, 7) is 0. The van der Waals surface area contributed by atoms with E-state index in [9.17, 15) is 35.9 Å². The van der Waals surface area contributed by atoms with E-state index < -0.39 is 41.0 Å². The van der Waals surface area contributed by atoms with Crippen molar-refractivity contribution in [3.63, 3.8) is 0 Å². The van der Waals surface area contributed by atoms with E-state index in [0.717, 1.165) is 24.3 Å². The van der Waals surface area contributed by atoms with Gasteiger partial charge in [0.05, 0.1) is 22.5 Å². The first-order valence-electron chi connectivity index (χ1n) is 6.95. The number of halogens is 6. The second kappa shape index (κ2) is 7.06. The number of hydrogen-bond acceptors (Lipinski definition) is 2. The van der Waals surface area contributed by atoms with Gasteiger partial charge in [0.15, 0.2) is 0 Å². The topological polar surface area (TPSA) is 58.2 Å². The maximum Gasteiger partial charge on any atom is 0.471 e. The van der Waals surface area contributed by atoms with Crippen LogP contribution in [-0.4, -0.2) is 18.0 Å². The summed E-state index contributed by atoms with van der Waals surface area (Å²) < 4.78 is 76.0. The molecule has 0 saturated carbocycles. The van der Waals surface area contributed by atoms with Crippen molar-refractivity contribution in [2.75, 3.05) is 10.6 Å². The van der Waals surface area contributed by atoms with Gasteiger partial charge in [-0.05, 0) is 24.3 Å². The number of anilines is 2. The first-order valence-corrected chi connectivity index (χ1v) is 6.95. The van der Waals surface area contributed by atoms with Crippen molar-refractivity contribution in [2.24, 2.45) is 0 Å². The van der Waals surface area contributed by atoms with Crippen molar-refractivity contribution in [3.05, 3.63) is 59.7 Å². The maximum absolute atomic E-state index is 13.0. The Labute approximate surface area is 142 Å². The fraction of sp³-hybridized carbons (Fsp3) is 0.125. The zero-order chi connectivity index (χ0) is 19.5. The summed E-state index contributed by atoms with van der Waals surface area (Å²) in [7, 11) is 0. The molecule has 0 saturated heterocycles. The van der Waals surface area contributed by atoms with Crippen LogP contribution in [0.5, 0.6) is 0 Å². The fourth-order valence-corrected chi connectivity index (χ4v) is 2.01. The van der Waals surface area contributed by atoms with Gasteiger partial charge in [0, 0.05) is 0 Å². The van der Waals surface area contributed by atoms with Crippen molar-refractivity contribution in [2.45, 2.75) is 12.4 Å². The maximum atomic E-state index is 13.0. The number of para-hydroxylation sites is 2. The van der Waals surface area contributed by atoms with E-state index in [1.807, 2.05) is 0 Å². The Hall–Kier alpha value is -3.04. The Balaban J connectivity index is 2.31. The van der Waals surface area contributed by atoms with E-state index in [0.29, 0.717) is 6.07 Å². The molecule has 138 valence electrons. The molecule has 2 aromatic carbocycles. The number of nitrogens with one attached hydrogen (secondary N) is 2. The van der Waals surface area contributed by atoms with Gasteiger partial charge in [-0.1, -0.05) is 24.3 Å². The molecule has 0 atom stereocenters. The summed E-state index contributed by atoms with van der Waals surface area (Å²) in [4.78, 5) is 23.2. The first-order chi connectivity index (χ1) is 12.0. The summed E-state index contributed by atoms with van der Waals surface area (Å²) in [5.74, 6) is -3.47. The van der Waals surface area contributed by atoms with Crippen LogP contribution in [-0.2, 0) is 11.0 Å². The molecule has 0 aromatic heterocycles. The number of amides is 2. The van der Waals surface area contributed by atoms with Crippen LogP contribution in [0.3, 0.4) is 0 Å². The highest BCUT2D eigenvalue weighted by Crippen LogP contribution is 2.32. The molecule has 26 heavy (non-hydrogen) atoms. The third kappa shape index (κ3) is 4.52. The minimum Gasteiger partial charge on any atom is -0.320 e. The molecule has 2 rings (SSSR count). The lowest BCUT2D eigenvalue weighted by Gasteiger charge is -2.15. The summed E-state index contributed by atoms with van der Waals surface area (Å²) in [5.41, 5.74) is -2.61. The highest BCUT2D eigenvalue weighted by Gasteiger charge is 2.39. The molecule has 2 amide bonds. The van der Waals surface area contributed by atoms with Crippen molar-refractivity contribution in [1.29, 1.82) is 0 Å². The zero-order valence-corrected chi connectivity index (χ0v) is 12.7. The Morgan fingerprint density at radius 1 is 0.731 bits per heavy atom. The molecule has 4 nitrogen and oxygen atoms in total. The zero-order valence-electron chi connectivity index (χ0n) is 12.7. The molecule has 0 spiro atoms. The SMILES string of the molecule is O=C(Nc1ccccc1NC(=O)C(F)(F)F)c1ccccc1C(F)(F)F. The molecular formula is C16H10F6N2O2. The fourth-order valence-electron chi connectivity index (χ4n) is 2.01. The van der Waals surface area contributed by atoms with Gasteiger partial charge in [0.2, 0.25) is 0 Å². The van der Waals surface area contributed by atoms with Crippen LogP contribution in [0.2, 0.25) is 0 Å². The van der Waals surface area contributed by atoms with Crippen LogP contribution < -0.4 is 10.6 Å². The Morgan fingerprint density at radius 2 is 1.23 bits per heavy atom. The molecule has 0 bridgehead atoms. The number of rotatable bonds is 3. The summed E-state index contributed by atoms with van der Waals surface area (Å²) in [6, 6.07) is 8.74. The molecule has 10 heteroatoms. The van der Waals surface area contributed by atoms with Crippen LogP contribution >= 0.6 is 0 Å². The Kier molecular flexibility index (Phi) is 5.24. The van der Waals surface area contributed by atoms with Crippen LogP contribution in [0.25, 0.3) is 0 Å². The van der Waals surface area contributed by atoms with E-state index in [2.05, 4.69) is 5.32 Å². The molecule has 0 aliphatic rings. The quantitative estimate of drug-likeness (QED) is 0.778. The normalized spacial score (nSPS) is 11.8. The van der Waals surface area contributed by atoms with Crippen molar-refractivity contribution in [1.82, 2.24) is 0 Å². The number of alkyl halides is 6. The molecule has 0 radical (unpaired) electrons. The molecule has 2 aromatic rings. The average molecular weight is 376 g/mol. The third-order valence-corrected chi connectivity index (χ3v) is 3.16. The predicted molar refractivity (Wildman–Crippen MR) is 80.5 cm³/mol. The highest BCUT2D eigenvalue weighted by atomic mass is 19.4. The van der Waals surface area contributed by atoms with Gasteiger partial charge in [0.25, 0.3) is 5.91 Å². The van der Waals surface area contributed by atoms with Crippen molar-refractivity contribution >= 4 is 23.2 Å². The van der Waals surface area contributed by atoms with Gasteiger partial charge in [-0.15, -0.1) is 0 Å². The summed E-state index contributed by atoms with van der Waals surface area (Å²) in [6.07, 6.45) is -9.96. The minimum atomic E-state index is -5.17. The minimum absolute atomic E-state index is 0.285. The van der Waals surface area contributed by atoms with Gasteiger partial charge in [-0.25, -0.2) is 0 Å². The standard InChI is InChI=1S/C16H10F6N2O2/c17-15(18,19)10-6-2-1-5-9(10)13(25)23-11-7-3-4-8-12(11)24-14(26)16(20,21)22/h1-8H,(H,23,25)(H,24,26). The number of carbonyl (C=O) groups is 2. The second-order valence-electron chi connectivity index (χ2n) is 4.99. The number of carbonyl (C=O) groups excluding carboxylic acids is 2. The van der Waals surface area contributed by atoms with E-state index in [4.69, 9.17) is 0 Å². The van der Waals surface area contributed by atoms with E-state index in [-0.39, 0.29) is 5.69 Å². The van der Waals surface area contributed by atoms with Gasteiger partial charge in [0.1, 0.15) is 0 Å². The van der Waals surface area contributed by atoms with E-state index in [1.54, 1.807) is 5.32 Å². The lowest BCUT2D eigenvalue weighted by atomic mass is 10.1. The largest absolute Gasteiger partial charge is 0.471 e. The lowest BCUT2D eigenvalue weighted by Crippen LogP contribution is -2.30. The first kappa shape index (κ1) is 19.3. The molecule has 0 aliphatic carbocycles. The van der Waals surface area contributed by atoms with Crippen LogP contribution in [0.15, 0.2) is 48.5 Å². The van der Waals surface area contributed by atoms with Crippen molar-refractivity contribution in [3.8, 4) is 0 Å². The molecular weight excluding hydrogens is 366 g/mol. The van der Waals surface area contributed by atoms with Crippen LogP contribution in [0.4, 0.5) is 37.7 Å². The lowest BCUT2D eigenvalue weighted by molar-refractivity contribution is -0.167. The van der Waals surface area contributed by atoms with Crippen molar-refractivity contribution < 1.29 is 35.9 Å². The summed E-state index contributed by atoms with van der Waals surface area (Å²) in [5, 5.41) is 3.63. The summed E-state index contributed by atoms with van der Waals surface area (Å²) >= 11 is 0. The van der Waals surface area contributed by atoms with Gasteiger partial charge in [-0.3, -0.25) is 9.59 Å². The monoisotopic (exact) mass is 376 g/mol. The molecule has 0 unspecified atom stereocenters. The van der Waals surface area contributed by atoms with Gasteiger partial charge in [-0.2, -0.15) is 26.3 Å². The number of hydrogen-bond donors (Lipinski definition) is 2. The van der Waals surface area contributed by atoms with Crippen LogP contribution in [0, 0.1) is 0 Å². The molecule has 0 fully saturated rings. The predicted octanol–water partition coefficient (Wildman–Crippen LogP) is 4.46. The Morgan fingerprint density at radius 3 is 1.77 bits per heavy atom. The Bertz CT molecular complexity index is 830. The average Bonchev–Trinajstić information content (AvgIpc) is 2.55. The third-order valence-electron chi connectivity index (χ3n) is 3.16. The van der Waals surface area contributed by atoms with E-state index >= 15 is 0 Å². The highest BCUT2D eigenvalue weighted by molar-refractivity contribution is 6.08. The molecule has 0 aliphatic heterocycles. The smallest absolute Gasteiger partial charge is 0.320 e. The molecule has 0 heterocycles. The second-order valence-corrected chi connectivity index (χ2v) is 4.99. The van der Waals surface area contributed by atoms with Gasteiger partial charge < -0.3 is 10.6 Å². The van der Waals surface area contributed by atoms with Gasteiger partial charge >= 0.3 is 18.3 Å². The van der Waals surface area contributed by atoms with E-state index in [1.165, 1.54) is 18.2 Å². The molecule has 2 N–H and O–H groups in total. The van der Waals surface area contributed by atoms with Crippen LogP contribution in [0.1, 0.15) is 15.9 Å².